The molecule has 1 aromatic rings. The lowest BCUT2D eigenvalue weighted by Gasteiger charge is -2.04. The van der Waals surface area contributed by atoms with E-state index in [4.69, 9.17) is 11.6 Å². The minimum absolute atomic E-state index is 0.142. The Morgan fingerprint density at radius 3 is 2.79 bits per heavy atom. The van der Waals surface area contributed by atoms with E-state index < -0.39 is 0 Å². The molecule has 0 spiro atoms. The number of ketones is 1. The van der Waals surface area contributed by atoms with Crippen molar-refractivity contribution in [2.75, 3.05) is 11.6 Å². The standard InChI is InChI=1S/C10H10BrClOS/c1-14-9-3-2-7(10(12)5-9)4-8(13)6-11/h2-3,5H,4,6H2,1H3. The van der Waals surface area contributed by atoms with Crippen molar-refractivity contribution < 1.29 is 4.79 Å². The molecular weight excluding hydrogens is 284 g/mol. The number of carbonyl (C=O) groups is 1. The Hall–Kier alpha value is 0.01000. The largest absolute Gasteiger partial charge is 0.298 e. The van der Waals surface area contributed by atoms with E-state index in [1.54, 1.807) is 11.8 Å². The van der Waals surface area contributed by atoms with Gasteiger partial charge < -0.3 is 0 Å². The molecule has 76 valence electrons. The van der Waals surface area contributed by atoms with Crippen LogP contribution in [-0.2, 0) is 11.2 Å². The van der Waals surface area contributed by atoms with Crippen LogP contribution in [0.5, 0.6) is 0 Å². The van der Waals surface area contributed by atoms with Crippen molar-refractivity contribution in [1.82, 2.24) is 0 Å². The van der Waals surface area contributed by atoms with E-state index in [-0.39, 0.29) is 5.78 Å². The maximum Gasteiger partial charge on any atom is 0.147 e. The highest BCUT2D eigenvalue weighted by molar-refractivity contribution is 9.09. The first kappa shape index (κ1) is 12.1. The quantitative estimate of drug-likeness (QED) is 0.623. The summed E-state index contributed by atoms with van der Waals surface area (Å²) in [5.74, 6) is 0.142. The Labute approximate surface area is 101 Å². The number of halogens is 2. The average Bonchev–Trinajstić information content (AvgIpc) is 2.20. The zero-order valence-electron chi connectivity index (χ0n) is 7.72. The van der Waals surface area contributed by atoms with Crippen LogP contribution in [0, 0.1) is 0 Å². The summed E-state index contributed by atoms with van der Waals surface area (Å²) in [7, 11) is 0. The zero-order valence-corrected chi connectivity index (χ0v) is 10.9. The Kier molecular flexibility index (Phi) is 4.99. The van der Waals surface area contributed by atoms with Crippen LogP contribution in [0.1, 0.15) is 5.56 Å². The molecule has 4 heteroatoms. The number of rotatable bonds is 4. The van der Waals surface area contributed by atoms with Crippen LogP contribution in [-0.4, -0.2) is 17.4 Å². The molecule has 0 aliphatic heterocycles. The van der Waals surface area contributed by atoms with Crippen LogP contribution in [0.3, 0.4) is 0 Å². The first-order chi connectivity index (χ1) is 6.67. The molecule has 0 heterocycles. The number of Topliss-reactive ketones (excluding diaryl/α,β-unsaturated/α-hetero) is 1. The summed E-state index contributed by atoms with van der Waals surface area (Å²) in [5, 5.41) is 1.05. The van der Waals surface area contributed by atoms with E-state index in [1.165, 1.54) is 0 Å². The molecule has 0 atom stereocenters. The number of hydrogen-bond acceptors (Lipinski definition) is 2. The highest BCUT2D eigenvalue weighted by atomic mass is 79.9. The van der Waals surface area contributed by atoms with Gasteiger partial charge in [-0.15, -0.1) is 11.8 Å². The minimum Gasteiger partial charge on any atom is -0.298 e. The number of alkyl halides is 1. The summed E-state index contributed by atoms with van der Waals surface area (Å²) in [4.78, 5) is 12.3. The van der Waals surface area contributed by atoms with Gasteiger partial charge in [0, 0.05) is 16.3 Å². The molecule has 1 rings (SSSR count). The summed E-state index contributed by atoms with van der Waals surface area (Å²) in [6.45, 7) is 0. The van der Waals surface area contributed by atoms with Crippen molar-refractivity contribution in [3.63, 3.8) is 0 Å². The van der Waals surface area contributed by atoms with Gasteiger partial charge in [0.25, 0.3) is 0 Å². The average molecular weight is 294 g/mol. The molecule has 0 amide bonds. The lowest BCUT2D eigenvalue weighted by molar-refractivity contribution is -0.115. The number of hydrogen-bond donors (Lipinski definition) is 0. The van der Waals surface area contributed by atoms with E-state index in [1.807, 2.05) is 24.5 Å². The van der Waals surface area contributed by atoms with Crippen LogP contribution in [0.25, 0.3) is 0 Å². The van der Waals surface area contributed by atoms with Crippen LogP contribution in [0.2, 0.25) is 5.02 Å². The molecule has 0 radical (unpaired) electrons. The summed E-state index contributed by atoms with van der Waals surface area (Å²) < 4.78 is 0. The van der Waals surface area contributed by atoms with Crippen LogP contribution >= 0.6 is 39.3 Å². The third kappa shape index (κ3) is 3.30. The Balaban J connectivity index is 2.83. The van der Waals surface area contributed by atoms with Crippen molar-refractivity contribution in [2.24, 2.45) is 0 Å². The Morgan fingerprint density at radius 1 is 1.57 bits per heavy atom. The maximum absolute atomic E-state index is 11.2. The van der Waals surface area contributed by atoms with Crippen molar-refractivity contribution in [2.45, 2.75) is 11.3 Å². The second kappa shape index (κ2) is 5.79. The van der Waals surface area contributed by atoms with Crippen LogP contribution in [0.15, 0.2) is 23.1 Å². The molecule has 1 aromatic carbocycles. The smallest absolute Gasteiger partial charge is 0.147 e. The molecule has 14 heavy (non-hydrogen) atoms. The molecule has 0 saturated carbocycles. The van der Waals surface area contributed by atoms with Gasteiger partial charge in [-0.1, -0.05) is 33.6 Å². The molecule has 0 aliphatic carbocycles. The minimum atomic E-state index is 0.142. The molecule has 0 bridgehead atoms. The second-order valence-electron chi connectivity index (χ2n) is 2.81. The van der Waals surface area contributed by atoms with Crippen molar-refractivity contribution in [3.05, 3.63) is 28.8 Å². The van der Waals surface area contributed by atoms with Gasteiger partial charge in [-0.2, -0.15) is 0 Å². The third-order valence-corrected chi connectivity index (χ3v) is 3.50. The fraction of sp³-hybridized carbons (Fsp3) is 0.300. The highest BCUT2D eigenvalue weighted by Gasteiger charge is 2.06. The predicted octanol–water partition coefficient (Wildman–Crippen LogP) is 3.57. The molecule has 0 aliphatic rings. The summed E-state index contributed by atoms with van der Waals surface area (Å²) in [5.41, 5.74) is 0.897. The van der Waals surface area contributed by atoms with Gasteiger partial charge in [0.1, 0.15) is 5.78 Å². The number of carbonyl (C=O) groups excluding carboxylic acids is 1. The summed E-state index contributed by atoms with van der Waals surface area (Å²) in [6.07, 6.45) is 2.40. The van der Waals surface area contributed by atoms with Gasteiger partial charge in [0.2, 0.25) is 0 Å². The molecule has 1 nitrogen and oxygen atoms in total. The van der Waals surface area contributed by atoms with E-state index >= 15 is 0 Å². The van der Waals surface area contributed by atoms with Gasteiger partial charge >= 0.3 is 0 Å². The molecule has 0 fully saturated rings. The third-order valence-electron chi connectivity index (χ3n) is 1.80. The van der Waals surface area contributed by atoms with Crippen molar-refractivity contribution in [1.29, 1.82) is 0 Å². The van der Waals surface area contributed by atoms with E-state index in [0.717, 1.165) is 10.5 Å². The summed E-state index contributed by atoms with van der Waals surface area (Å²) in [6, 6.07) is 5.78. The SMILES string of the molecule is CSc1ccc(CC(=O)CBr)c(Cl)c1. The van der Waals surface area contributed by atoms with Gasteiger partial charge in [-0.3, -0.25) is 4.79 Å². The topological polar surface area (TPSA) is 17.1 Å². The normalized spacial score (nSPS) is 10.2. The molecule has 0 unspecified atom stereocenters. The van der Waals surface area contributed by atoms with Gasteiger partial charge in [-0.05, 0) is 24.0 Å². The Morgan fingerprint density at radius 2 is 2.29 bits per heavy atom. The lowest BCUT2D eigenvalue weighted by Crippen LogP contribution is -2.03. The van der Waals surface area contributed by atoms with Gasteiger partial charge in [0.05, 0.1) is 5.33 Å². The van der Waals surface area contributed by atoms with Crippen molar-refractivity contribution >= 4 is 45.1 Å². The van der Waals surface area contributed by atoms with Crippen LogP contribution in [0.4, 0.5) is 0 Å². The predicted molar refractivity (Wildman–Crippen MR) is 65.7 cm³/mol. The fourth-order valence-electron chi connectivity index (χ4n) is 1.06. The summed E-state index contributed by atoms with van der Waals surface area (Å²) >= 11 is 10.8. The van der Waals surface area contributed by atoms with Gasteiger partial charge in [-0.25, -0.2) is 0 Å². The molecular formula is C10H10BrClOS. The van der Waals surface area contributed by atoms with E-state index in [9.17, 15) is 4.79 Å². The van der Waals surface area contributed by atoms with E-state index in [0.29, 0.717) is 16.8 Å². The Bertz CT molecular complexity index is 341. The highest BCUT2D eigenvalue weighted by Crippen LogP contribution is 2.23. The molecule has 0 N–H and O–H groups in total. The molecule has 0 aromatic heterocycles. The number of benzene rings is 1. The first-order valence-corrected chi connectivity index (χ1v) is 6.80. The van der Waals surface area contributed by atoms with Crippen molar-refractivity contribution in [3.8, 4) is 0 Å². The number of thioether (sulfide) groups is 1. The van der Waals surface area contributed by atoms with Crippen LogP contribution < -0.4 is 0 Å². The first-order valence-electron chi connectivity index (χ1n) is 4.07. The monoisotopic (exact) mass is 292 g/mol. The van der Waals surface area contributed by atoms with E-state index in [2.05, 4.69) is 15.9 Å². The fourth-order valence-corrected chi connectivity index (χ4v) is 2.01. The lowest BCUT2D eigenvalue weighted by atomic mass is 10.1. The second-order valence-corrected chi connectivity index (χ2v) is 4.65. The molecule has 0 saturated heterocycles. The zero-order chi connectivity index (χ0) is 10.6. The maximum atomic E-state index is 11.2. The van der Waals surface area contributed by atoms with Gasteiger partial charge in [0.15, 0.2) is 0 Å².